The number of hydrogen-bond acceptors (Lipinski definition) is 5. The molecule has 1 aliphatic heterocycles. The smallest absolute Gasteiger partial charge is 0.245 e. The van der Waals surface area contributed by atoms with Gasteiger partial charge < -0.3 is 14.4 Å². The number of methoxy groups -OCH3 is 2. The van der Waals surface area contributed by atoms with Gasteiger partial charge in [0.1, 0.15) is 17.5 Å². The minimum absolute atomic E-state index is 0.181. The van der Waals surface area contributed by atoms with Crippen LogP contribution in [-0.4, -0.2) is 52.0 Å². The van der Waals surface area contributed by atoms with E-state index in [1.54, 1.807) is 55.3 Å². The zero-order valence-electron chi connectivity index (χ0n) is 15.5. The summed E-state index contributed by atoms with van der Waals surface area (Å²) in [6.45, 7) is 2.03. The van der Waals surface area contributed by atoms with E-state index in [1.807, 2.05) is 0 Å². The van der Waals surface area contributed by atoms with Gasteiger partial charge in [0, 0.05) is 19.2 Å². The van der Waals surface area contributed by atoms with E-state index in [9.17, 15) is 13.2 Å². The fourth-order valence-electron chi connectivity index (χ4n) is 3.15. The lowest BCUT2D eigenvalue weighted by Gasteiger charge is -2.38. The molecular formula is C19H22N2O5S. The van der Waals surface area contributed by atoms with Gasteiger partial charge in [0.2, 0.25) is 15.9 Å². The van der Waals surface area contributed by atoms with Crippen molar-refractivity contribution >= 4 is 21.6 Å². The van der Waals surface area contributed by atoms with E-state index >= 15 is 0 Å². The second-order valence-corrected chi connectivity index (χ2v) is 8.02. The molecule has 3 rings (SSSR count). The van der Waals surface area contributed by atoms with Gasteiger partial charge in [0.25, 0.3) is 0 Å². The monoisotopic (exact) mass is 390 g/mol. The van der Waals surface area contributed by atoms with Crippen molar-refractivity contribution in [3.63, 3.8) is 0 Å². The van der Waals surface area contributed by atoms with Crippen LogP contribution in [0.1, 0.15) is 6.92 Å². The van der Waals surface area contributed by atoms with Crippen LogP contribution in [0.5, 0.6) is 11.5 Å². The van der Waals surface area contributed by atoms with Crippen LogP contribution in [0.15, 0.2) is 53.4 Å². The molecule has 1 heterocycles. The summed E-state index contributed by atoms with van der Waals surface area (Å²) in [5.41, 5.74) is 0.590. The topological polar surface area (TPSA) is 76.2 Å². The third-order valence-electron chi connectivity index (χ3n) is 4.63. The molecule has 2 aromatic rings. The fourth-order valence-corrected chi connectivity index (χ4v) is 4.75. The van der Waals surface area contributed by atoms with Crippen LogP contribution in [0.25, 0.3) is 0 Å². The lowest BCUT2D eigenvalue weighted by molar-refractivity contribution is -0.123. The van der Waals surface area contributed by atoms with Gasteiger partial charge in [-0.15, -0.1) is 0 Å². The number of carbonyl (C=O) groups is 1. The maximum atomic E-state index is 13.0. The molecule has 0 aromatic heterocycles. The predicted octanol–water partition coefficient (Wildman–Crippen LogP) is 2.13. The van der Waals surface area contributed by atoms with Crippen molar-refractivity contribution in [2.75, 3.05) is 32.2 Å². The van der Waals surface area contributed by atoms with Gasteiger partial charge in [-0.2, -0.15) is 4.31 Å². The molecule has 1 aliphatic rings. The number of rotatable bonds is 5. The summed E-state index contributed by atoms with van der Waals surface area (Å²) >= 11 is 0. The summed E-state index contributed by atoms with van der Waals surface area (Å²) < 4.78 is 37.6. The molecule has 1 fully saturated rings. The van der Waals surface area contributed by atoms with Crippen LogP contribution in [-0.2, 0) is 14.8 Å². The summed E-state index contributed by atoms with van der Waals surface area (Å²) in [5.74, 6) is 0.805. The quantitative estimate of drug-likeness (QED) is 0.782. The highest BCUT2D eigenvalue weighted by Crippen LogP contribution is 2.34. The Kier molecular flexibility index (Phi) is 5.38. The summed E-state index contributed by atoms with van der Waals surface area (Å²) in [6.07, 6.45) is 0. The van der Waals surface area contributed by atoms with Crippen LogP contribution in [0.2, 0.25) is 0 Å². The Morgan fingerprint density at radius 2 is 1.70 bits per heavy atom. The molecule has 2 aromatic carbocycles. The molecule has 0 N–H and O–H groups in total. The van der Waals surface area contributed by atoms with Gasteiger partial charge in [-0.05, 0) is 31.2 Å². The van der Waals surface area contributed by atoms with Gasteiger partial charge in [0.05, 0.1) is 24.8 Å². The molecule has 7 nitrogen and oxygen atoms in total. The molecule has 0 saturated carbocycles. The maximum Gasteiger partial charge on any atom is 0.245 e. The standard InChI is InChI=1S/C19H22N2O5S/c1-14-19(22)20(17-10-9-15(25-2)13-18(17)26-3)11-12-21(14)27(23,24)16-7-5-4-6-8-16/h4-10,13-14H,11-12H2,1-3H3. The van der Waals surface area contributed by atoms with Gasteiger partial charge in [-0.1, -0.05) is 18.2 Å². The Morgan fingerprint density at radius 1 is 1.00 bits per heavy atom. The predicted molar refractivity (Wildman–Crippen MR) is 102 cm³/mol. The van der Waals surface area contributed by atoms with Crippen molar-refractivity contribution < 1.29 is 22.7 Å². The van der Waals surface area contributed by atoms with E-state index in [0.717, 1.165) is 0 Å². The number of anilines is 1. The van der Waals surface area contributed by atoms with Crippen molar-refractivity contribution in [1.82, 2.24) is 4.31 Å². The second kappa shape index (κ2) is 7.58. The van der Waals surface area contributed by atoms with Crippen molar-refractivity contribution in [2.24, 2.45) is 0 Å². The largest absolute Gasteiger partial charge is 0.497 e. The Balaban J connectivity index is 1.90. The van der Waals surface area contributed by atoms with Crippen LogP contribution in [0.3, 0.4) is 0 Å². The maximum absolute atomic E-state index is 13.0. The molecule has 1 amide bonds. The molecule has 0 aliphatic carbocycles. The van der Waals surface area contributed by atoms with Crippen molar-refractivity contribution in [3.8, 4) is 11.5 Å². The first-order chi connectivity index (χ1) is 12.9. The number of nitrogens with zero attached hydrogens (tertiary/aromatic N) is 2. The van der Waals surface area contributed by atoms with Crippen molar-refractivity contribution in [3.05, 3.63) is 48.5 Å². The molecular weight excluding hydrogens is 368 g/mol. The van der Waals surface area contributed by atoms with Crippen LogP contribution < -0.4 is 14.4 Å². The summed E-state index contributed by atoms with van der Waals surface area (Å²) in [5, 5.41) is 0. The van der Waals surface area contributed by atoms with Gasteiger partial charge in [-0.25, -0.2) is 8.42 Å². The fraction of sp³-hybridized carbons (Fsp3) is 0.316. The number of ether oxygens (including phenoxy) is 2. The number of carbonyl (C=O) groups excluding carboxylic acids is 1. The average molecular weight is 390 g/mol. The zero-order chi connectivity index (χ0) is 19.6. The number of sulfonamides is 1. The highest BCUT2D eigenvalue weighted by Gasteiger charge is 2.40. The number of hydrogen-bond donors (Lipinski definition) is 0. The number of benzene rings is 2. The van der Waals surface area contributed by atoms with Gasteiger partial charge in [0.15, 0.2) is 0 Å². The molecule has 27 heavy (non-hydrogen) atoms. The van der Waals surface area contributed by atoms with Crippen molar-refractivity contribution in [2.45, 2.75) is 17.9 Å². The van der Waals surface area contributed by atoms with Crippen LogP contribution in [0, 0.1) is 0 Å². The normalized spacial score (nSPS) is 18.4. The molecule has 1 unspecified atom stereocenters. The van der Waals surface area contributed by atoms with E-state index in [1.165, 1.54) is 23.5 Å². The first kappa shape index (κ1) is 19.2. The molecule has 1 saturated heterocycles. The van der Waals surface area contributed by atoms with E-state index in [4.69, 9.17) is 9.47 Å². The Labute approximate surface area is 159 Å². The molecule has 1 atom stereocenters. The zero-order valence-corrected chi connectivity index (χ0v) is 16.3. The third kappa shape index (κ3) is 3.50. The number of piperazine rings is 1. The summed E-state index contributed by atoms with van der Waals surface area (Å²) in [4.78, 5) is 14.7. The highest BCUT2D eigenvalue weighted by molar-refractivity contribution is 7.89. The second-order valence-electron chi connectivity index (χ2n) is 6.13. The molecule has 8 heteroatoms. The Morgan fingerprint density at radius 3 is 2.33 bits per heavy atom. The lowest BCUT2D eigenvalue weighted by atomic mass is 10.1. The average Bonchev–Trinajstić information content (AvgIpc) is 2.70. The molecule has 0 radical (unpaired) electrons. The summed E-state index contributed by atoms with van der Waals surface area (Å²) in [7, 11) is -0.675. The minimum Gasteiger partial charge on any atom is -0.497 e. The SMILES string of the molecule is COc1ccc(N2CCN(S(=O)(=O)c3ccccc3)C(C)C2=O)c(OC)c1. The Hall–Kier alpha value is -2.58. The van der Waals surface area contributed by atoms with E-state index in [0.29, 0.717) is 17.2 Å². The number of amides is 1. The molecule has 144 valence electrons. The highest BCUT2D eigenvalue weighted by atomic mass is 32.2. The summed E-state index contributed by atoms with van der Waals surface area (Å²) in [6, 6.07) is 12.5. The van der Waals surface area contributed by atoms with E-state index in [2.05, 4.69) is 0 Å². The van der Waals surface area contributed by atoms with Crippen LogP contribution >= 0.6 is 0 Å². The first-order valence-electron chi connectivity index (χ1n) is 8.50. The molecule has 0 bridgehead atoms. The first-order valence-corrected chi connectivity index (χ1v) is 9.94. The van der Waals surface area contributed by atoms with Gasteiger partial charge >= 0.3 is 0 Å². The van der Waals surface area contributed by atoms with E-state index < -0.39 is 16.1 Å². The van der Waals surface area contributed by atoms with E-state index in [-0.39, 0.29) is 23.9 Å². The van der Waals surface area contributed by atoms with Gasteiger partial charge in [-0.3, -0.25) is 4.79 Å². The van der Waals surface area contributed by atoms with Crippen LogP contribution in [0.4, 0.5) is 5.69 Å². The molecule has 0 spiro atoms. The lowest BCUT2D eigenvalue weighted by Crippen LogP contribution is -2.57. The minimum atomic E-state index is -3.74. The third-order valence-corrected chi connectivity index (χ3v) is 6.61. The Bertz CT molecular complexity index is 930. The van der Waals surface area contributed by atoms with Crippen molar-refractivity contribution in [1.29, 1.82) is 0 Å².